The fourth-order valence-electron chi connectivity index (χ4n) is 1.69. The summed E-state index contributed by atoms with van der Waals surface area (Å²) in [5.74, 6) is 0. The molecule has 0 spiro atoms. The van der Waals surface area contributed by atoms with E-state index in [1.54, 1.807) is 4.90 Å². The predicted octanol–water partition coefficient (Wildman–Crippen LogP) is 2.44. The third-order valence-corrected chi connectivity index (χ3v) is 3.40. The van der Waals surface area contributed by atoms with Crippen LogP contribution in [0.1, 0.15) is 12.8 Å². The molecule has 4 nitrogen and oxygen atoms in total. The summed E-state index contributed by atoms with van der Waals surface area (Å²) < 4.78 is 0.855. The second-order valence-corrected chi connectivity index (χ2v) is 4.91. The summed E-state index contributed by atoms with van der Waals surface area (Å²) >= 11 is 3.38. The van der Waals surface area contributed by atoms with Gasteiger partial charge in [-0.25, -0.2) is 4.79 Å². The van der Waals surface area contributed by atoms with E-state index in [9.17, 15) is 4.79 Å². The first-order valence-corrected chi connectivity index (χ1v) is 6.44. The molecule has 0 aliphatic heterocycles. The maximum Gasteiger partial charge on any atom is 0.322 e. The zero-order chi connectivity index (χ0) is 12.3. The summed E-state index contributed by atoms with van der Waals surface area (Å²) in [5.41, 5.74) is 0.751. The number of aliphatic hydroxyl groups is 1. The zero-order valence-corrected chi connectivity index (χ0v) is 11.0. The smallest absolute Gasteiger partial charge is 0.322 e. The minimum atomic E-state index is -0.145. The van der Waals surface area contributed by atoms with Crippen LogP contribution in [0.5, 0.6) is 0 Å². The minimum Gasteiger partial charge on any atom is -0.395 e. The molecule has 0 radical (unpaired) electrons. The van der Waals surface area contributed by atoms with E-state index in [1.807, 2.05) is 24.3 Å². The van der Waals surface area contributed by atoms with Crippen molar-refractivity contribution < 1.29 is 9.90 Å². The first kappa shape index (κ1) is 12.4. The number of benzene rings is 1. The summed E-state index contributed by atoms with van der Waals surface area (Å²) in [7, 11) is 0. The molecule has 5 heteroatoms. The monoisotopic (exact) mass is 298 g/mol. The normalized spacial score (nSPS) is 14.5. The Kier molecular flexibility index (Phi) is 4.02. The van der Waals surface area contributed by atoms with Crippen molar-refractivity contribution in [3.05, 3.63) is 28.7 Å². The maximum absolute atomic E-state index is 12.0. The lowest BCUT2D eigenvalue weighted by Gasteiger charge is -2.22. The van der Waals surface area contributed by atoms with Gasteiger partial charge in [0.2, 0.25) is 0 Å². The van der Waals surface area contributed by atoms with Gasteiger partial charge in [-0.2, -0.15) is 0 Å². The quantitative estimate of drug-likeness (QED) is 0.897. The second-order valence-electron chi connectivity index (χ2n) is 4.06. The van der Waals surface area contributed by atoms with E-state index in [1.165, 1.54) is 0 Å². The van der Waals surface area contributed by atoms with Crippen LogP contribution in [0.2, 0.25) is 0 Å². The van der Waals surface area contributed by atoms with Crippen molar-refractivity contribution in [2.75, 3.05) is 18.5 Å². The lowest BCUT2D eigenvalue weighted by Crippen LogP contribution is -2.38. The molecule has 2 amide bonds. The van der Waals surface area contributed by atoms with Crippen LogP contribution in [0, 0.1) is 0 Å². The molecular weight excluding hydrogens is 284 g/mol. The molecule has 0 atom stereocenters. The molecule has 1 aliphatic rings. The summed E-state index contributed by atoms with van der Waals surface area (Å²) in [6.45, 7) is 0.390. The first-order valence-electron chi connectivity index (χ1n) is 5.65. The molecule has 0 heterocycles. The number of urea groups is 1. The number of nitrogens with one attached hydrogen (secondary N) is 1. The second kappa shape index (κ2) is 5.51. The summed E-state index contributed by atoms with van der Waals surface area (Å²) in [5, 5.41) is 11.8. The van der Waals surface area contributed by atoms with E-state index in [2.05, 4.69) is 21.2 Å². The van der Waals surface area contributed by atoms with Crippen molar-refractivity contribution in [2.24, 2.45) is 0 Å². The van der Waals surface area contributed by atoms with Crippen molar-refractivity contribution in [2.45, 2.75) is 18.9 Å². The number of anilines is 1. The highest BCUT2D eigenvalue weighted by molar-refractivity contribution is 9.10. The molecule has 1 fully saturated rings. The number of nitrogens with zero attached hydrogens (tertiary/aromatic N) is 1. The Morgan fingerprint density at radius 3 is 2.76 bits per heavy atom. The lowest BCUT2D eigenvalue weighted by molar-refractivity contribution is 0.185. The van der Waals surface area contributed by atoms with Gasteiger partial charge in [0.1, 0.15) is 0 Å². The Balaban J connectivity index is 2.02. The Morgan fingerprint density at radius 2 is 2.18 bits per heavy atom. The summed E-state index contributed by atoms with van der Waals surface area (Å²) in [4.78, 5) is 13.7. The molecular formula is C12H15BrN2O2. The van der Waals surface area contributed by atoms with E-state index < -0.39 is 0 Å². The van der Waals surface area contributed by atoms with Gasteiger partial charge in [0, 0.05) is 17.1 Å². The van der Waals surface area contributed by atoms with Crippen molar-refractivity contribution in [1.82, 2.24) is 4.90 Å². The van der Waals surface area contributed by atoms with Crippen molar-refractivity contribution in [1.29, 1.82) is 0 Å². The molecule has 92 valence electrons. The van der Waals surface area contributed by atoms with Crippen molar-refractivity contribution in [3.8, 4) is 0 Å². The van der Waals surface area contributed by atoms with Crippen LogP contribution in [0.4, 0.5) is 10.5 Å². The van der Waals surface area contributed by atoms with Crippen LogP contribution in [0.25, 0.3) is 0 Å². The van der Waals surface area contributed by atoms with Crippen molar-refractivity contribution in [3.63, 3.8) is 0 Å². The van der Waals surface area contributed by atoms with E-state index in [0.717, 1.165) is 23.0 Å². The van der Waals surface area contributed by atoms with Gasteiger partial charge in [0.25, 0.3) is 0 Å². The highest BCUT2D eigenvalue weighted by Crippen LogP contribution is 2.28. The summed E-state index contributed by atoms with van der Waals surface area (Å²) in [6, 6.07) is 7.63. The van der Waals surface area contributed by atoms with Gasteiger partial charge in [-0.3, -0.25) is 0 Å². The van der Waals surface area contributed by atoms with Gasteiger partial charge >= 0.3 is 6.03 Å². The van der Waals surface area contributed by atoms with Gasteiger partial charge in [0.15, 0.2) is 0 Å². The largest absolute Gasteiger partial charge is 0.395 e. The number of para-hydroxylation sites is 1. The molecule has 2 rings (SSSR count). The molecule has 2 N–H and O–H groups in total. The maximum atomic E-state index is 12.0. The third kappa shape index (κ3) is 3.20. The average molecular weight is 299 g/mol. The first-order chi connectivity index (χ1) is 8.22. The topological polar surface area (TPSA) is 52.6 Å². The van der Waals surface area contributed by atoms with E-state index in [0.29, 0.717) is 12.6 Å². The van der Waals surface area contributed by atoms with E-state index in [-0.39, 0.29) is 12.6 Å². The highest BCUT2D eigenvalue weighted by atomic mass is 79.9. The molecule has 1 aromatic rings. The number of carbonyl (C=O) groups is 1. The molecule has 1 aliphatic carbocycles. The number of hydrogen-bond acceptors (Lipinski definition) is 2. The van der Waals surface area contributed by atoms with E-state index >= 15 is 0 Å². The molecule has 0 saturated heterocycles. The van der Waals surface area contributed by atoms with Crippen LogP contribution in [-0.2, 0) is 0 Å². The molecule has 1 aromatic carbocycles. The van der Waals surface area contributed by atoms with Crippen LogP contribution < -0.4 is 5.32 Å². The molecule has 0 aromatic heterocycles. The average Bonchev–Trinajstić information content (AvgIpc) is 3.13. The predicted molar refractivity (Wildman–Crippen MR) is 70.0 cm³/mol. The van der Waals surface area contributed by atoms with Crippen LogP contribution in [0.3, 0.4) is 0 Å². The third-order valence-electron chi connectivity index (χ3n) is 2.70. The van der Waals surface area contributed by atoms with Gasteiger partial charge < -0.3 is 15.3 Å². The van der Waals surface area contributed by atoms with Gasteiger partial charge in [-0.05, 0) is 40.9 Å². The number of carbonyl (C=O) groups excluding carboxylic acids is 1. The Labute approximate surface area is 109 Å². The Hall–Kier alpha value is -1.07. The number of rotatable bonds is 4. The van der Waals surface area contributed by atoms with Gasteiger partial charge in [-0.15, -0.1) is 0 Å². The molecule has 0 unspecified atom stereocenters. The minimum absolute atomic E-state index is 0.000120. The van der Waals surface area contributed by atoms with Crippen LogP contribution >= 0.6 is 15.9 Å². The van der Waals surface area contributed by atoms with Gasteiger partial charge in [0.05, 0.1) is 12.3 Å². The highest BCUT2D eigenvalue weighted by Gasteiger charge is 2.32. The van der Waals surface area contributed by atoms with Gasteiger partial charge in [-0.1, -0.05) is 12.1 Å². The number of aliphatic hydroxyl groups excluding tert-OH is 1. The fraction of sp³-hybridized carbons (Fsp3) is 0.417. The van der Waals surface area contributed by atoms with Crippen LogP contribution in [-0.4, -0.2) is 35.2 Å². The molecule has 1 saturated carbocycles. The Morgan fingerprint density at radius 1 is 1.47 bits per heavy atom. The SMILES string of the molecule is O=C(Nc1ccccc1Br)N(CCO)C1CC1. The van der Waals surface area contributed by atoms with Crippen molar-refractivity contribution >= 4 is 27.6 Å². The zero-order valence-electron chi connectivity index (χ0n) is 9.40. The Bertz CT molecular complexity index is 407. The lowest BCUT2D eigenvalue weighted by atomic mass is 10.3. The fourth-order valence-corrected chi connectivity index (χ4v) is 2.08. The number of hydrogen-bond donors (Lipinski definition) is 2. The van der Waals surface area contributed by atoms with E-state index in [4.69, 9.17) is 5.11 Å². The number of halogens is 1. The molecule has 17 heavy (non-hydrogen) atoms. The summed E-state index contributed by atoms with van der Waals surface area (Å²) in [6.07, 6.45) is 2.06. The number of amides is 2. The van der Waals surface area contributed by atoms with Crippen LogP contribution in [0.15, 0.2) is 28.7 Å². The molecule has 0 bridgehead atoms. The standard InChI is InChI=1S/C12H15BrN2O2/c13-10-3-1-2-4-11(10)14-12(17)15(7-8-16)9-5-6-9/h1-4,9,16H,5-8H2,(H,14,17).